The van der Waals surface area contributed by atoms with E-state index in [0.29, 0.717) is 108 Å². The van der Waals surface area contributed by atoms with Crippen molar-refractivity contribution in [1.29, 1.82) is 0 Å². The number of carbonyl (C=O) groups is 9. The number of methoxy groups -OCH3 is 2. The number of urea groups is 1. The van der Waals surface area contributed by atoms with Crippen LogP contribution in [0.3, 0.4) is 0 Å². The van der Waals surface area contributed by atoms with Crippen molar-refractivity contribution in [3.05, 3.63) is 148 Å². The summed E-state index contributed by atoms with van der Waals surface area (Å²) in [7, 11) is 2.97. The number of rotatable bonds is 28. The summed E-state index contributed by atoms with van der Waals surface area (Å²) in [4.78, 5) is 130. The fourth-order valence-electron chi connectivity index (χ4n) is 12.1. The summed E-state index contributed by atoms with van der Waals surface area (Å²) in [6.07, 6.45) is 6.81. The van der Waals surface area contributed by atoms with E-state index in [4.69, 9.17) is 34.4 Å². The third-order valence-corrected chi connectivity index (χ3v) is 17.3. The highest BCUT2D eigenvalue weighted by Crippen LogP contribution is 2.40. The average molecular weight is 1290 g/mol. The molecule has 0 fully saturated rings. The summed E-state index contributed by atoms with van der Waals surface area (Å²) in [5.74, 6) is -1.71. The van der Waals surface area contributed by atoms with E-state index in [9.17, 15) is 43.2 Å². The van der Waals surface area contributed by atoms with Gasteiger partial charge in [-0.3, -0.25) is 43.5 Å². The summed E-state index contributed by atoms with van der Waals surface area (Å²) in [6.45, 7) is 5.03. The summed E-state index contributed by atoms with van der Waals surface area (Å²) in [5, 5.41) is 14.4. The van der Waals surface area contributed by atoms with Crippen molar-refractivity contribution >= 4 is 76.8 Å². The number of primary amides is 1. The highest BCUT2D eigenvalue weighted by molar-refractivity contribution is 6.13. The van der Waals surface area contributed by atoms with Crippen LogP contribution in [0.2, 0.25) is 0 Å². The fourth-order valence-corrected chi connectivity index (χ4v) is 12.1. The molecule has 0 spiro atoms. The Balaban J connectivity index is 0.786. The van der Waals surface area contributed by atoms with E-state index in [-0.39, 0.29) is 113 Å². The molecule has 0 saturated heterocycles. The lowest BCUT2D eigenvalue weighted by Gasteiger charge is -2.35. The van der Waals surface area contributed by atoms with Crippen LogP contribution in [-0.4, -0.2) is 164 Å². The van der Waals surface area contributed by atoms with Crippen LogP contribution in [-0.2, 0) is 61.2 Å². The van der Waals surface area contributed by atoms with Crippen molar-refractivity contribution in [2.24, 2.45) is 16.6 Å². The van der Waals surface area contributed by atoms with Gasteiger partial charge < -0.3 is 70.7 Å². The average Bonchev–Trinajstić information content (AvgIpc) is 1.54. The molecule has 25 heteroatoms. The van der Waals surface area contributed by atoms with Crippen LogP contribution < -0.4 is 51.3 Å². The van der Waals surface area contributed by atoms with E-state index in [2.05, 4.69) is 38.7 Å². The molecule has 25 nitrogen and oxygen atoms in total. The highest BCUT2D eigenvalue weighted by Gasteiger charge is 2.37. The second-order valence-electron chi connectivity index (χ2n) is 23.9. The lowest BCUT2D eigenvalue weighted by atomic mass is 9.94. The van der Waals surface area contributed by atoms with Gasteiger partial charge in [0.15, 0.2) is 23.0 Å². The maximum Gasteiger partial charge on any atom is 0.410 e. The lowest BCUT2D eigenvalue weighted by Crippen LogP contribution is -2.54. The Hall–Kier alpha value is -10.5. The molecule has 4 atom stereocenters. The van der Waals surface area contributed by atoms with Gasteiger partial charge in [-0.15, -0.1) is 0 Å². The first-order valence-electron chi connectivity index (χ1n) is 31.7. The number of aliphatic imine (C=N–C) groups is 1. The zero-order valence-corrected chi connectivity index (χ0v) is 53.1. The lowest BCUT2D eigenvalue weighted by molar-refractivity contribution is -0.137. The third kappa shape index (κ3) is 16.2. The van der Waals surface area contributed by atoms with Gasteiger partial charge in [0.1, 0.15) is 31.9 Å². The van der Waals surface area contributed by atoms with Crippen LogP contribution in [0.5, 0.6) is 23.0 Å². The number of benzene rings is 5. The Morgan fingerprint density at radius 2 is 1.33 bits per heavy atom. The van der Waals surface area contributed by atoms with E-state index in [1.807, 2.05) is 46.2 Å². The number of nitrogens with one attached hydrogen (secondary N) is 5. The Morgan fingerprint density at radius 1 is 0.702 bits per heavy atom. The molecule has 10 amide bonds. The number of anilines is 2. The van der Waals surface area contributed by atoms with E-state index in [1.165, 1.54) is 36.8 Å². The molecule has 5 aromatic rings. The molecule has 7 N–H and O–H groups in total. The number of amides is 10. The molecule has 0 saturated carbocycles. The Labute approximate surface area is 544 Å². The minimum absolute atomic E-state index is 0.00128. The molecule has 5 aromatic carbocycles. The third-order valence-electron chi connectivity index (χ3n) is 17.3. The van der Waals surface area contributed by atoms with E-state index < -0.39 is 36.0 Å². The molecule has 5 aliphatic rings. The topological polar surface area (TPSA) is 311 Å². The molecule has 0 unspecified atom stereocenters. The van der Waals surface area contributed by atoms with Gasteiger partial charge in [-0.05, 0) is 96.5 Å². The van der Waals surface area contributed by atoms with Crippen molar-refractivity contribution < 1.29 is 66.8 Å². The van der Waals surface area contributed by atoms with Crippen LogP contribution in [0, 0.1) is 5.92 Å². The molecule has 5 heterocycles. The summed E-state index contributed by atoms with van der Waals surface area (Å²) in [6, 6.07) is 26.2. The molecule has 0 bridgehead atoms. The predicted octanol–water partition coefficient (Wildman–Crippen LogP) is 6.57. The molecular formula is C69H79N11O14. The summed E-state index contributed by atoms with van der Waals surface area (Å²) < 4.78 is 30.1. The number of hydrogen-bond acceptors (Lipinski definition) is 16. The number of fused-ring (bicyclic) bond motifs is 6. The van der Waals surface area contributed by atoms with Gasteiger partial charge in [0, 0.05) is 75.3 Å². The van der Waals surface area contributed by atoms with Gasteiger partial charge in [0.25, 0.3) is 23.6 Å². The van der Waals surface area contributed by atoms with Gasteiger partial charge in [0.2, 0.25) is 17.7 Å². The Kier molecular flexibility index (Phi) is 21.8. The maximum absolute atomic E-state index is 14.3. The van der Waals surface area contributed by atoms with Crippen LogP contribution >= 0.6 is 0 Å². The van der Waals surface area contributed by atoms with Gasteiger partial charge >= 0.3 is 12.1 Å². The van der Waals surface area contributed by atoms with Crippen molar-refractivity contribution in [2.75, 3.05) is 70.8 Å². The van der Waals surface area contributed by atoms with Crippen molar-refractivity contribution in [3.63, 3.8) is 0 Å². The number of carbonyl (C=O) groups excluding carboxylic acids is 9. The quantitative estimate of drug-likeness (QED) is 0.0228. The zero-order valence-electron chi connectivity index (χ0n) is 53.1. The van der Waals surface area contributed by atoms with E-state index in [1.54, 1.807) is 68.6 Å². The predicted molar refractivity (Wildman–Crippen MR) is 348 cm³/mol. The van der Waals surface area contributed by atoms with Gasteiger partial charge in [-0.25, -0.2) is 9.59 Å². The van der Waals surface area contributed by atoms with E-state index >= 15 is 0 Å². The maximum atomic E-state index is 14.3. The second kappa shape index (κ2) is 30.8. The fraction of sp³-hybridized carbons (Fsp3) is 0.391. The van der Waals surface area contributed by atoms with Gasteiger partial charge in [-0.2, -0.15) is 0 Å². The number of ether oxygens (including phenoxy) is 5. The second-order valence-corrected chi connectivity index (χ2v) is 23.9. The first kappa shape index (κ1) is 66.5. The van der Waals surface area contributed by atoms with E-state index in [0.717, 1.165) is 21.6 Å². The normalized spacial score (nSPS) is 16.5. The van der Waals surface area contributed by atoms with Crippen LogP contribution in [0.25, 0.3) is 0 Å². The van der Waals surface area contributed by atoms with Crippen molar-refractivity contribution in [3.8, 4) is 23.0 Å². The molecule has 5 aliphatic heterocycles. The van der Waals surface area contributed by atoms with Crippen LogP contribution in [0.4, 0.5) is 26.7 Å². The minimum Gasteiger partial charge on any atom is -0.493 e. The first-order valence-corrected chi connectivity index (χ1v) is 31.7. The van der Waals surface area contributed by atoms with Gasteiger partial charge in [0.05, 0.1) is 61.9 Å². The number of unbranched alkanes of at least 4 members (excludes halogenated alkanes) is 2. The first-order chi connectivity index (χ1) is 45.4. The molecule has 0 aromatic heterocycles. The molecule has 10 rings (SSSR count). The zero-order chi connectivity index (χ0) is 66.4. The molecule has 0 radical (unpaired) electrons. The highest BCUT2D eigenvalue weighted by atomic mass is 16.6. The van der Waals surface area contributed by atoms with Crippen LogP contribution in [0.15, 0.2) is 114 Å². The molecule has 94 heavy (non-hydrogen) atoms. The smallest absolute Gasteiger partial charge is 0.410 e. The van der Waals surface area contributed by atoms with Crippen LogP contribution in [0.1, 0.15) is 101 Å². The number of nitrogens with zero attached hydrogens (tertiary/aromatic N) is 5. The number of hydrogen-bond donors (Lipinski definition) is 6. The monoisotopic (exact) mass is 1290 g/mol. The standard InChI is InChI=1S/C69H79N11O14/c1-42(2)63(76-60(81)18-6-5-11-26-78-61(82)23-24-62(78)83)65(85)75-53(17-12-25-71-68(70)88)64(84)74-48-21-19-43(20-22-48)41-94-69(89)77(27-29-92-58-35-54-51(33-56(58)90-3)66(86)79-39-46-15-9-7-13-44(46)31-49(79)37-72-54)28-30-93-59-36-55-52(34-57(59)91-4)67(87)80-40-47-16-10-8-14-45(47)32-50(80)38-73-55/h7-10,13-16,19-24,33-37,42,49-50,53,63,73H,5-6,11-12,17-18,25-32,38-41H2,1-4H3,(H,74,84)(H,75,85)(H,76,81)(H3,70,71,88)/t49-,50-,53-,63-/m0/s1. The number of nitrogens with two attached hydrogens (primary N) is 1. The number of imide groups is 1. The molecule has 494 valence electrons. The van der Waals surface area contributed by atoms with Gasteiger partial charge in [-0.1, -0.05) is 80.9 Å². The summed E-state index contributed by atoms with van der Waals surface area (Å²) in [5.41, 5.74) is 12.6. The summed E-state index contributed by atoms with van der Waals surface area (Å²) >= 11 is 0. The minimum atomic E-state index is -1.11. The van der Waals surface area contributed by atoms with Crippen molar-refractivity contribution in [2.45, 2.75) is 109 Å². The molecular weight excluding hydrogens is 1210 g/mol. The SMILES string of the molecule is COc1cc2c(cc1OCCN(CCOc1cc3c(cc1OC)C(=O)N1Cc4ccccc4C[C@H]1CN3)C(=O)OCc1ccc(NC(=O)[C@H](CCCNC(N)=O)NC(=O)[C@@H](NC(=O)CCCCCN3C(=O)C=CC3=O)C(C)C)cc1)N=C[C@@H]1Cc3ccccc3CN1C2=O. The Morgan fingerprint density at radius 3 is 1.99 bits per heavy atom. The van der Waals surface area contributed by atoms with Crippen molar-refractivity contribution in [1.82, 2.24) is 35.6 Å². The Bertz CT molecular complexity index is 3730. The largest absolute Gasteiger partial charge is 0.493 e. The molecule has 0 aliphatic carbocycles.